The Hall–Kier alpha value is -1.80. The van der Waals surface area contributed by atoms with Crippen LogP contribution in [0.25, 0.3) is 10.8 Å². The minimum absolute atomic E-state index is 0.708. The van der Waals surface area contributed by atoms with E-state index in [1.54, 1.807) is 0 Å². The zero-order valence-electron chi connectivity index (χ0n) is 10.4. The van der Waals surface area contributed by atoms with Crippen molar-refractivity contribution in [1.29, 1.82) is 0 Å². The second kappa shape index (κ2) is 5.23. The molecule has 0 saturated heterocycles. The zero-order valence-corrected chi connectivity index (χ0v) is 10.4. The van der Waals surface area contributed by atoms with E-state index in [4.69, 9.17) is 4.74 Å². The highest BCUT2D eigenvalue weighted by Crippen LogP contribution is 2.21. The summed E-state index contributed by atoms with van der Waals surface area (Å²) >= 11 is 0. The van der Waals surface area contributed by atoms with Crippen molar-refractivity contribution >= 4 is 10.8 Å². The molecule has 0 fully saturated rings. The Morgan fingerprint density at radius 3 is 2.78 bits per heavy atom. The third-order valence-corrected chi connectivity index (χ3v) is 3.30. The zero-order chi connectivity index (χ0) is 12.2. The van der Waals surface area contributed by atoms with Crippen molar-refractivity contribution in [2.45, 2.75) is 6.42 Å². The largest absolute Gasteiger partial charge is 0.489 e. The molecule has 2 aromatic carbocycles. The van der Waals surface area contributed by atoms with E-state index in [9.17, 15) is 0 Å². The average Bonchev–Trinajstić information content (AvgIpc) is 2.46. The Kier molecular flexibility index (Phi) is 3.29. The van der Waals surface area contributed by atoms with Crippen molar-refractivity contribution in [2.24, 2.45) is 0 Å². The van der Waals surface area contributed by atoms with E-state index in [0.717, 1.165) is 25.3 Å². The molecule has 0 spiro atoms. The molecule has 0 atom stereocenters. The lowest BCUT2D eigenvalue weighted by Gasteiger charge is -2.15. The molecule has 0 saturated carbocycles. The Labute approximate surface area is 107 Å². The molecule has 0 unspecified atom stereocenters. The van der Waals surface area contributed by atoms with Crippen molar-refractivity contribution in [3.63, 3.8) is 0 Å². The van der Waals surface area contributed by atoms with Crippen LogP contribution >= 0.6 is 0 Å². The number of nitrogens with one attached hydrogen (secondary N) is 1. The van der Waals surface area contributed by atoms with Crippen LogP contribution < -0.4 is 10.1 Å². The van der Waals surface area contributed by atoms with Gasteiger partial charge in [-0.2, -0.15) is 0 Å². The highest BCUT2D eigenvalue weighted by Gasteiger charge is 2.04. The number of rotatable bonds is 3. The van der Waals surface area contributed by atoms with Crippen LogP contribution in [0.2, 0.25) is 0 Å². The van der Waals surface area contributed by atoms with E-state index in [0.29, 0.717) is 6.61 Å². The molecule has 2 heteroatoms. The van der Waals surface area contributed by atoms with Crippen molar-refractivity contribution < 1.29 is 4.74 Å². The molecule has 1 N–H and O–H groups in total. The molecule has 1 aliphatic rings. The molecule has 2 aromatic rings. The SMILES string of the molecule is C1=C(COc2ccc3ccccc3c2)CCNC1. The van der Waals surface area contributed by atoms with Gasteiger partial charge in [-0.15, -0.1) is 0 Å². The highest BCUT2D eigenvalue weighted by atomic mass is 16.5. The molecule has 18 heavy (non-hydrogen) atoms. The minimum Gasteiger partial charge on any atom is -0.489 e. The fourth-order valence-corrected chi connectivity index (χ4v) is 2.23. The van der Waals surface area contributed by atoms with Gasteiger partial charge in [-0.25, -0.2) is 0 Å². The van der Waals surface area contributed by atoms with Crippen molar-refractivity contribution in [3.05, 3.63) is 54.1 Å². The van der Waals surface area contributed by atoms with E-state index in [1.165, 1.54) is 16.3 Å². The average molecular weight is 239 g/mol. The van der Waals surface area contributed by atoms with Crippen molar-refractivity contribution in [2.75, 3.05) is 19.7 Å². The van der Waals surface area contributed by atoms with Gasteiger partial charge in [-0.05, 0) is 41.4 Å². The lowest BCUT2D eigenvalue weighted by atomic mass is 10.1. The van der Waals surface area contributed by atoms with Crippen LogP contribution in [0.5, 0.6) is 5.75 Å². The Bertz CT molecular complexity index is 574. The molecular formula is C16H17NO. The summed E-state index contributed by atoms with van der Waals surface area (Å²) in [5.41, 5.74) is 1.39. The second-order valence-corrected chi connectivity index (χ2v) is 4.61. The number of ether oxygens (including phenoxy) is 1. The number of fused-ring (bicyclic) bond motifs is 1. The number of hydrogen-bond acceptors (Lipinski definition) is 2. The topological polar surface area (TPSA) is 21.3 Å². The Morgan fingerprint density at radius 1 is 1.06 bits per heavy atom. The summed E-state index contributed by atoms with van der Waals surface area (Å²) in [6.07, 6.45) is 3.32. The van der Waals surface area contributed by atoms with Gasteiger partial charge in [0.2, 0.25) is 0 Å². The van der Waals surface area contributed by atoms with Gasteiger partial charge in [-0.3, -0.25) is 0 Å². The van der Waals surface area contributed by atoms with E-state index in [1.807, 2.05) is 6.07 Å². The first-order chi connectivity index (χ1) is 8.92. The van der Waals surface area contributed by atoms with Gasteiger partial charge in [0.05, 0.1) is 0 Å². The number of hydrogen-bond donors (Lipinski definition) is 1. The van der Waals surface area contributed by atoms with E-state index >= 15 is 0 Å². The predicted molar refractivity (Wildman–Crippen MR) is 75.0 cm³/mol. The maximum absolute atomic E-state index is 5.86. The van der Waals surface area contributed by atoms with Crippen molar-refractivity contribution in [3.8, 4) is 5.75 Å². The number of benzene rings is 2. The van der Waals surface area contributed by atoms with Gasteiger partial charge in [0.1, 0.15) is 12.4 Å². The first kappa shape index (κ1) is 11.3. The Balaban J connectivity index is 1.72. The van der Waals surface area contributed by atoms with Gasteiger partial charge in [0.25, 0.3) is 0 Å². The van der Waals surface area contributed by atoms with Crippen LogP contribution in [-0.4, -0.2) is 19.7 Å². The molecule has 0 aromatic heterocycles. The van der Waals surface area contributed by atoms with Crippen LogP contribution in [0.4, 0.5) is 0 Å². The molecule has 1 aliphatic heterocycles. The van der Waals surface area contributed by atoms with Crippen LogP contribution in [0.15, 0.2) is 54.1 Å². The van der Waals surface area contributed by atoms with Gasteiger partial charge in [-0.1, -0.05) is 36.4 Å². The quantitative estimate of drug-likeness (QED) is 0.831. The van der Waals surface area contributed by atoms with Crippen LogP contribution in [0.1, 0.15) is 6.42 Å². The summed E-state index contributed by atoms with van der Waals surface area (Å²) in [6, 6.07) is 14.6. The maximum atomic E-state index is 5.86. The van der Waals surface area contributed by atoms with E-state index < -0.39 is 0 Å². The molecule has 0 aliphatic carbocycles. The monoisotopic (exact) mass is 239 g/mol. The molecule has 0 amide bonds. The van der Waals surface area contributed by atoms with Gasteiger partial charge in [0.15, 0.2) is 0 Å². The van der Waals surface area contributed by atoms with Gasteiger partial charge >= 0.3 is 0 Å². The summed E-state index contributed by atoms with van der Waals surface area (Å²) in [5, 5.41) is 5.79. The third kappa shape index (κ3) is 2.54. The second-order valence-electron chi connectivity index (χ2n) is 4.61. The molecule has 1 heterocycles. The lowest BCUT2D eigenvalue weighted by molar-refractivity contribution is 0.345. The molecule has 3 rings (SSSR count). The maximum Gasteiger partial charge on any atom is 0.120 e. The van der Waals surface area contributed by atoms with Crippen LogP contribution in [-0.2, 0) is 0 Å². The summed E-state index contributed by atoms with van der Waals surface area (Å²) in [5.74, 6) is 0.952. The van der Waals surface area contributed by atoms with Gasteiger partial charge < -0.3 is 10.1 Å². The molecular weight excluding hydrogens is 222 g/mol. The van der Waals surface area contributed by atoms with Crippen molar-refractivity contribution in [1.82, 2.24) is 5.32 Å². The molecule has 0 radical (unpaired) electrons. The first-order valence-corrected chi connectivity index (χ1v) is 6.42. The third-order valence-electron chi connectivity index (χ3n) is 3.30. The van der Waals surface area contributed by atoms with E-state index in [2.05, 4.69) is 47.8 Å². The molecule has 2 nitrogen and oxygen atoms in total. The minimum atomic E-state index is 0.708. The molecule has 0 bridgehead atoms. The fraction of sp³-hybridized carbons (Fsp3) is 0.250. The summed E-state index contributed by atoms with van der Waals surface area (Å²) < 4.78 is 5.86. The summed E-state index contributed by atoms with van der Waals surface area (Å²) in [7, 11) is 0. The lowest BCUT2D eigenvalue weighted by Crippen LogP contribution is -2.22. The van der Waals surface area contributed by atoms with Crippen LogP contribution in [0, 0.1) is 0 Å². The van der Waals surface area contributed by atoms with Crippen LogP contribution in [0.3, 0.4) is 0 Å². The van der Waals surface area contributed by atoms with Gasteiger partial charge in [0, 0.05) is 6.54 Å². The standard InChI is InChI=1S/C16H17NO/c1-2-4-15-11-16(6-5-14(15)3-1)18-12-13-7-9-17-10-8-13/h1-7,11,17H,8-10,12H2. The Morgan fingerprint density at radius 2 is 1.94 bits per heavy atom. The normalized spacial score (nSPS) is 15.4. The smallest absolute Gasteiger partial charge is 0.120 e. The highest BCUT2D eigenvalue weighted by molar-refractivity contribution is 5.83. The first-order valence-electron chi connectivity index (χ1n) is 6.42. The predicted octanol–water partition coefficient (Wildman–Crippen LogP) is 3.14. The fourth-order valence-electron chi connectivity index (χ4n) is 2.23. The molecule has 92 valence electrons. The summed E-state index contributed by atoms with van der Waals surface area (Å²) in [4.78, 5) is 0. The van der Waals surface area contributed by atoms with E-state index in [-0.39, 0.29) is 0 Å². The summed E-state index contributed by atoms with van der Waals surface area (Å²) in [6.45, 7) is 2.74.